The molecular formula is C11H11IN2OS2. The van der Waals surface area contributed by atoms with E-state index in [0.717, 1.165) is 31.1 Å². The second-order valence-electron chi connectivity index (χ2n) is 4.15. The Morgan fingerprint density at radius 3 is 3.00 bits per heavy atom. The van der Waals surface area contributed by atoms with Crippen LogP contribution in [0, 0.1) is 13.8 Å². The van der Waals surface area contributed by atoms with Gasteiger partial charge in [-0.25, -0.2) is 0 Å². The van der Waals surface area contributed by atoms with Gasteiger partial charge in [0.2, 0.25) is 0 Å². The Bertz CT molecular complexity index is 662. The van der Waals surface area contributed by atoms with E-state index in [4.69, 9.17) is 0 Å². The highest BCUT2D eigenvalue weighted by molar-refractivity contribution is 14.1. The molecule has 0 amide bonds. The summed E-state index contributed by atoms with van der Waals surface area (Å²) in [6.07, 6.45) is 0. The summed E-state index contributed by atoms with van der Waals surface area (Å²) in [5.74, 6) is 1.03. The van der Waals surface area contributed by atoms with Gasteiger partial charge in [-0.05, 0) is 19.4 Å². The van der Waals surface area contributed by atoms with Crippen molar-refractivity contribution in [3.63, 3.8) is 0 Å². The first-order valence-electron chi connectivity index (χ1n) is 5.34. The van der Waals surface area contributed by atoms with Crippen LogP contribution in [0.15, 0.2) is 9.95 Å². The fraction of sp³-hybridized carbons (Fsp3) is 0.455. The minimum atomic E-state index is -0.0605. The highest BCUT2D eigenvalue weighted by atomic mass is 127. The van der Waals surface area contributed by atoms with Gasteiger partial charge >= 0.3 is 0 Å². The number of aromatic nitrogens is 2. The van der Waals surface area contributed by atoms with Gasteiger partial charge in [-0.3, -0.25) is 4.79 Å². The summed E-state index contributed by atoms with van der Waals surface area (Å²) in [6.45, 7) is 4.10. The van der Waals surface area contributed by atoms with E-state index in [0.29, 0.717) is 6.04 Å². The minimum absolute atomic E-state index is 0.0605. The maximum atomic E-state index is 12.0. The molecule has 2 aromatic heterocycles. The van der Waals surface area contributed by atoms with Crippen molar-refractivity contribution in [2.75, 3.05) is 10.2 Å². The molecule has 3 heterocycles. The van der Waals surface area contributed by atoms with E-state index in [1.165, 1.54) is 4.88 Å². The Balaban J connectivity index is 2.45. The highest BCUT2D eigenvalue weighted by Gasteiger charge is 2.27. The second-order valence-corrected chi connectivity index (χ2v) is 7.22. The summed E-state index contributed by atoms with van der Waals surface area (Å²) in [5.41, 5.74) is 1.04. The predicted molar refractivity (Wildman–Crippen MR) is 82.0 cm³/mol. The van der Waals surface area contributed by atoms with E-state index in [2.05, 4.69) is 39.1 Å². The van der Waals surface area contributed by atoms with Gasteiger partial charge in [-0.2, -0.15) is 4.98 Å². The number of hydrogen-bond donors (Lipinski definition) is 0. The van der Waals surface area contributed by atoms with Crippen molar-refractivity contribution in [3.8, 4) is 0 Å². The lowest BCUT2D eigenvalue weighted by Crippen LogP contribution is -2.16. The average Bonchev–Trinajstić information content (AvgIpc) is 2.82. The van der Waals surface area contributed by atoms with Crippen molar-refractivity contribution in [2.45, 2.75) is 25.0 Å². The number of aryl methyl sites for hydroxylation is 2. The van der Waals surface area contributed by atoms with Crippen LogP contribution in [0.1, 0.15) is 16.5 Å². The van der Waals surface area contributed by atoms with Crippen LogP contribution < -0.4 is 5.56 Å². The number of nitrogens with zero attached hydrogens (tertiary/aromatic N) is 2. The number of thioether (sulfide) groups is 1. The van der Waals surface area contributed by atoms with Gasteiger partial charge < -0.3 is 4.57 Å². The van der Waals surface area contributed by atoms with E-state index in [1.54, 1.807) is 23.1 Å². The van der Waals surface area contributed by atoms with Crippen LogP contribution in [-0.4, -0.2) is 19.7 Å². The molecule has 0 aliphatic carbocycles. The zero-order valence-corrected chi connectivity index (χ0v) is 13.3. The van der Waals surface area contributed by atoms with Gasteiger partial charge in [0.15, 0.2) is 5.16 Å². The molecule has 6 heteroatoms. The zero-order valence-electron chi connectivity index (χ0n) is 9.49. The van der Waals surface area contributed by atoms with Crippen LogP contribution in [0.25, 0.3) is 10.2 Å². The van der Waals surface area contributed by atoms with Gasteiger partial charge in [-0.1, -0.05) is 34.4 Å². The molecule has 1 atom stereocenters. The van der Waals surface area contributed by atoms with Crippen LogP contribution in [0.2, 0.25) is 0 Å². The first kappa shape index (κ1) is 12.0. The number of alkyl halides is 1. The van der Waals surface area contributed by atoms with Crippen LogP contribution in [0.4, 0.5) is 0 Å². The molecule has 0 saturated carbocycles. The monoisotopic (exact) mass is 378 g/mol. The highest BCUT2D eigenvalue weighted by Crippen LogP contribution is 2.38. The molecule has 0 radical (unpaired) electrons. The Morgan fingerprint density at radius 2 is 2.29 bits per heavy atom. The van der Waals surface area contributed by atoms with Crippen molar-refractivity contribution >= 4 is 55.9 Å². The summed E-state index contributed by atoms with van der Waals surface area (Å²) < 4.78 is 3.33. The van der Waals surface area contributed by atoms with Crippen molar-refractivity contribution < 1.29 is 0 Å². The van der Waals surface area contributed by atoms with Crippen LogP contribution in [0.3, 0.4) is 0 Å². The Hall–Kier alpha value is -0.0800. The van der Waals surface area contributed by atoms with E-state index in [1.807, 2.05) is 6.92 Å². The number of halogens is 1. The SMILES string of the molecule is Cc1sc2c(c1C)c(=O)nc1n2C(CI)CS1. The lowest BCUT2D eigenvalue weighted by atomic mass is 10.2. The van der Waals surface area contributed by atoms with Crippen LogP contribution in [-0.2, 0) is 0 Å². The molecule has 2 aromatic rings. The second kappa shape index (κ2) is 4.24. The lowest BCUT2D eigenvalue weighted by molar-refractivity contribution is 0.602. The molecule has 1 aliphatic heterocycles. The van der Waals surface area contributed by atoms with E-state index < -0.39 is 0 Å². The Kier molecular flexibility index (Phi) is 2.99. The molecule has 90 valence electrons. The third-order valence-corrected chi connectivity index (χ3v) is 6.47. The molecule has 0 spiro atoms. The number of thiophene rings is 1. The minimum Gasteiger partial charge on any atom is -0.307 e. The van der Waals surface area contributed by atoms with Gasteiger partial charge in [0, 0.05) is 15.1 Å². The number of fused-ring (bicyclic) bond motifs is 3. The van der Waals surface area contributed by atoms with Crippen LogP contribution in [0.5, 0.6) is 0 Å². The van der Waals surface area contributed by atoms with Crippen molar-refractivity contribution in [1.29, 1.82) is 0 Å². The van der Waals surface area contributed by atoms with Gasteiger partial charge in [0.25, 0.3) is 5.56 Å². The summed E-state index contributed by atoms with van der Waals surface area (Å²) in [5, 5.41) is 1.72. The summed E-state index contributed by atoms with van der Waals surface area (Å²) >= 11 is 5.83. The lowest BCUT2D eigenvalue weighted by Gasteiger charge is -2.11. The first-order valence-corrected chi connectivity index (χ1v) is 8.67. The van der Waals surface area contributed by atoms with Gasteiger partial charge in [0.1, 0.15) is 4.83 Å². The third-order valence-electron chi connectivity index (χ3n) is 3.15. The first-order chi connectivity index (χ1) is 8.13. The maximum Gasteiger partial charge on any atom is 0.282 e. The topological polar surface area (TPSA) is 34.9 Å². The molecular weight excluding hydrogens is 367 g/mol. The molecule has 3 nitrogen and oxygen atoms in total. The quantitative estimate of drug-likeness (QED) is 0.435. The van der Waals surface area contributed by atoms with E-state index in [9.17, 15) is 4.79 Å². The predicted octanol–water partition coefficient (Wildman–Crippen LogP) is 3.16. The van der Waals surface area contributed by atoms with Crippen molar-refractivity contribution in [2.24, 2.45) is 0 Å². The number of rotatable bonds is 1. The van der Waals surface area contributed by atoms with Gasteiger partial charge in [0.05, 0.1) is 11.4 Å². The summed E-state index contributed by atoms with van der Waals surface area (Å²) in [4.78, 5) is 18.6. The number of hydrogen-bond acceptors (Lipinski definition) is 4. The van der Waals surface area contributed by atoms with E-state index in [-0.39, 0.29) is 5.56 Å². The smallest absolute Gasteiger partial charge is 0.282 e. The molecule has 3 rings (SSSR count). The zero-order chi connectivity index (χ0) is 12.2. The Morgan fingerprint density at radius 1 is 1.53 bits per heavy atom. The maximum absolute atomic E-state index is 12.0. The molecule has 1 unspecified atom stereocenters. The average molecular weight is 378 g/mol. The normalized spacial score (nSPS) is 18.9. The standard InChI is InChI=1S/C11H11IN2OS2/c1-5-6(2)17-10-8(5)9(15)13-11-14(10)7(3-12)4-16-11/h7H,3-4H2,1-2H3. The molecule has 1 aliphatic rings. The molecule has 0 aromatic carbocycles. The van der Waals surface area contributed by atoms with Crippen LogP contribution >= 0.6 is 45.7 Å². The third kappa shape index (κ3) is 1.67. The van der Waals surface area contributed by atoms with E-state index >= 15 is 0 Å². The van der Waals surface area contributed by atoms with Gasteiger partial charge in [-0.15, -0.1) is 11.3 Å². The summed E-state index contributed by atoms with van der Waals surface area (Å²) in [6, 6.07) is 0.476. The summed E-state index contributed by atoms with van der Waals surface area (Å²) in [7, 11) is 0. The Labute approximate surface area is 121 Å². The molecule has 0 fully saturated rings. The molecule has 0 saturated heterocycles. The fourth-order valence-corrected chi connectivity index (χ4v) is 5.64. The van der Waals surface area contributed by atoms with Crippen molar-refractivity contribution in [3.05, 3.63) is 20.8 Å². The fourth-order valence-electron chi connectivity index (χ4n) is 2.10. The molecule has 17 heavy (non-hydrogen) atoms. The molecule has 0 bridgehead atoms. The molecule has 0 N–H and O–H groups in total. The largest absolute Gasteiger partial charge is 0.307 e. The van der Waals surface area contributed by atoms with Crippen molar-refractivity contribution in [1.82, 2.24) is 9.55 Å².